The lowest BCUT2D eigenvalue weighted by molar-refractivity contribution is 0.0676. The first kappa shape index (κ1) is 10.2. The Kier molecular flexibility index (Phi) is 2.77. The smallest absolute Gasteiger partial charge is 0.257 e. The molecule has 1 aliphatic heterocycles. The number of amides is 1. The Morgan fingerprint density at radius 1 is 1.73 bits per heavy atom. The SMILES string of the molecule is Cc1occc1C(=O)N1CCC[C@@H]1CO. The Hall–Kier alpha value is -1.29. The molecule has 0 aliphatic carbocycles. The van der Waals surface area contributed by atoms with Gasteiger partial charge in [0, 0.05) is 6.54 Å². The highest BCUT2D eigenvalue weighted by atomic mass is 16.3. The van der Waals surface area contributed by atoms with E-state index >= 15 is 0 Å². The van der Waals surface area contributed by atoms with Gasteiger partial charge >= 0.3 is 0 Å². The van der Waals surface area contributed by atoms with Crippen LogP contribution in [-0.2, 0) is 0 Å². The summed E-state index contributed by atoms with van der Waals surface area (Å²) >= 11 is 0. The maximum Gasteiger partial charge on any atom is 0.257 e. The predicted molar refractivity (Wildman–Crippen MR) is 54.6 cm³/mol. The van der Waals surface area contributed by atoms with Gasteiger partial charge in [-0.25, -0.2) is 0 Å². The van der Waals surface area contributed by atoms with Crippen LogP contribution in [0.1, 0.15) is 29.0 Å². The summed E-state index contributed by atoms with van der Waals surface area (Å²) in [5.74, 6) is 0.612. The van der Waals surface area contributed by atoms with Crippen LogP contribution in [-0.4, -0.2) is 35.1 Å². The molecule has 82 valence electrons. The standard InChI is InChI=1S/C11H15NO3/c1-8-10(4-6-15-8)11(14)12-5-2-3-9(12)7-13/h4,6,9,13H,2-3,5,7H2,1H3/t9-/m1/s1. The van der Waals surface area contributed by atoms with Gasteiger partial charge in [-0.05, 0) is 25.8 Å². The highest BCUT2D eigenvalue weighted by Gasteiger charge is 2.29. The number of furan rings is 1. The molecule has 0 radical (unpaired) electrons. The van der Waals surface area contributed by atoms with Gasteiger partial charge in [0.05, 0.1) is 24.5 Å². The zero-order valence-corrected chi connectivity index (χ0v) is 8.77. The van der Waals surface area contributed by atoms with E-state index in [1.807, 2.05) is 0 Å². The molecule has 0 saturated carbocycles. The van der Waals surface area contributed by atoms with Crippen molar-refractivity contribution in [1.82, 2.24) is 4.90 Å². The van der Waals surface area contributed by atoms with Crippen LogP contribution in [0.5, 0.6) is 0 Å². The van der Waals surface area contributed by atoms with Crippen LogP contribution < -0.4 is 0 Å². The molecule has 0 aromatic carbocycles. The van der Waals surface area contributed by atoms with Crippen molar-refractivity contribution in [3.8, 4) is 0 Å². The molecular formula is C11H15NO3. The van der Waals surface area contributed by atoms with Crippen LogP contribution in [0.4, 0.5) is 0 Å². The lowest BCUT2D eigenvalue weighted by Gasteiger charge is -2.22. The third-order valence-electron chi connectivity index (χ3n) is 2.94. The molecule has 4 nitrogen and oxygen atoms in total. The largest absolute Gasteiger partial charge is 0.469 e. The fraction of sp³-hybridized carbons (Fsp3) is 0.545. The second-order valence-electron chi connectivity index (χ2n) is 3.87. The minimum Gasteiger partial charge on any atom is -0.469 e. The van der Waals surface area contributed by atoms with E-state index in [0.29, 0.717) is 11.3 Å². The Bertz CT molecular complexity index is 358. The van der Waals surface area contributed by atoms with Crippen molar-refractivity contribution in [2.75, 3.05) is 13.2 Å². The highest BCUT2D eigenvalue weighted by Crippen LogP contribution is 2.21. The van der Waals surface area contributed by atoms with Crippen molar-refractivity contribution in [3.05, 3.63) is 23.7 Å². The van der Waals surface area contributed by atoms with E-state index < -0.39 is 0 Å². The van der Waals surface area contributed by atoms with Crippen LogP contribution in [0.25, 0.3) is 0 Å². The minimum atomic E-state index is -0.0298. The summed E-state index contributed by atoms with van der Waals surface area (Å²) in [4.78, 5) is 13.8. The molecule has 15 heavy (non-hydrogen) atoms. The molecule has 0 bridgehead atoms. The zero-order chi connectivity index (χ0) is 10.8. The molecule has 1 amide bonds. The van der Waals surface area contributed by atoms with Crippen LogP contribution in [0, 0.1) is 6.92 Å². The minimum absolute atomic E-state index is 0.0215. The van der Waals surface area contributed by atoms with Crippen LogP contribution in [0.15, 0.2) is 16.7 Å². The van der Waals surface area contributed by atoms with Crippen LogP contribution >= 0.6 is 0 Å². The molecule has 1 aromatic rings. The molecule has 0 unspecified atom stereocenters. The van der Waals surface area contributed by atoms with E-state index in [2.05, 4.69) is 0 Å². The lowest BCUT2D eigenvalue weighted by Crippen LogP contribution is -2.37. The highest BCUT2D eigenvalue weighted by molar-refractivity contribution is 5.95. The molecular weight excluding hydrogens is 194 g/mol. The monoisotopic (exact) mass is 209 g/mol. The molecule has 1 fully saturated rings. The summed E-state index contributed by atoms with van der Waals surface area (Å²) in [6.45, 7) is 2.55. The molecule has 1 saturated heterocycles. The quantitative estimate of drug-likeness (QED) is 0.795. The number of aryl methyl sites for hydroxylation is 1. The molecule has 4 heteroatoms. The van der Waals surface area contributed by atoms with Gasteiger partial charge in [0.1, 0.15) is 5.76 Å². The molecule has 1 aliphatic rings. The van der Waals surface area contributed by atoms with Crippen molar-refractivity contribution in [2.45, 2.75) is 25.8 Å². The van der Waals surface area contributed by atoms with Crippen LogP contribution in [0.3, 0.4) is 0 Å². The van der Waals surface area contributed by atoms with E-state index in [1.165, 1.54) is 6.26 Å². The van der Waals surface area contributed by atoms with E-state index in [0.717, 1.165) is 19.4 Å². The Balaban J connectivity index is 2.18. The van der Waals surface area contributed by atoms with Gasteiger partial charge in [-0.15, -0.1) is 0 Å². The normalized spacial score (nSPS) is 20.9. The van der Waals surface area contributed by atoms with Gasteiger partial charge in [0.2, 0.25) is 0 Å². The number of likely N-dealkylation sites (tertiary alicyclic amines) is 1. The van der Waals surface area contributed by atoms with Gasteiger partial charge in [-0.3, -0.25) is 4.79 Å². The summed E-state index contributed by atoms with van der Waals surface area (Å²) in [5.41, 5.74) is 0.607. The lowest BCUT2D eigenvalue weighted by atomic mass is 10.2. The summed E-state index contributed by atoms with van der Waals surface area (Å²) in [6.07, 6.45) is 3.37. The zero-order valence-electron chi connectivity index (χ0n) is 8.77. The maximum absolute atomic E-state index is 12.1. The summed E-state index contributed by atoms with van der Waals surface area (Å²) < 4.78 is 5.10. The van der Waals surface area contributed by atoms with Crippen molar-refractivity contribution < 1.29 is 14.3 Å². The first-order valence-corrected chi connectivity index (χ1v) is 5.20. The number of carbonyl (C=O) groups is 1. The topological polar surface area (TPSA) is 53.7 Å². The van der Waals surface area contributed by atoms with Gasteiger partial charge in [-0.2, -0.15) is 0 Å². The third-order valence-corrected chi connectivity index (χ3v) is 2.94. The van der Waals surface area contributed by atoms with Gasteiger partial charge in [-0.1, -0.05) is 0 Å². The molecule has 2 rings (SSSR count). The Morgan fingerprint density at radius 2 is 2.53 bits per heavy atom. The van der Waals surface area contributed by atoms with E-state index in [1.54, 1.807) is 17.9 Å². The van der Waals surface area contributed by atoms with Crippen LogP contribution in [0.2, 0.25) is 0 Å². The second kappa shape index (κ2) is 4.06. The van der Waals surface area contributed by atoms with Gasteiger partial charge in [0.15, 0.2) is 0 Å². The van der Waals surface area contributed by atoms with E-state index in [-0.39, 0.29) is 18.6 Å². The average molecular weight is 209 g/mol. The Labute approximate surface area is 88.5 Å². The molecule has 2 heterocycles. The third kappa shape index (κ3) is 1.77. The number of rotatable bonds is 2. The summed E-state index contributed by atoms with van der Waals surface area (Å²) in [5, 5.41) is 9.13. The molecule has 1 aromatic heterocycles. The van der Waals surface area contributed by atoms with E-state index in [4.69, 9.17) is 9.52 Å². The maximum atomic E-state index is 12.1. The van der Waals surface area contributed by atoms with E-state index in [9.17, 15) is 4.79 Å². The number of hydrogen-bond acceptors (Lipinski definition) is 3. The fourth-order valence-corrected chi connectivity index (χ4v) is 2.05. The van der Waals surface area contributed by atoms with Crippen molar-refractivity contribution in [3.63, 3.8) is 0 Å². The van der Waals surface area contributed by atoms with Crippen molar-refractivity contribution in [1.29, 1.82) is 0 Å². The number of nitrogens with zero attached hydrogens (tertiary/aromatic N) is 1. The number of aliphatic hydroxyl groups is 1. The summed E-state index contributed by atoms with van der Waals surface area (Å²) in [7, 11) is 0. The first-order valence-electron chi connectivity index (χ1n) is 5.20. The molecule has 0 spiro atoms. The van der Waals surface area contributed by atoms with Gasteiger partial charge < -0.3 is 14.4 Å². The predicted octanol–water partition coefficient (Wildman–Crippen LogP) is 1.18. The molecule has 1 N–H and O–H groups in total. The van der Waals surface area contributed by atoms with Crippen molar-refractivity contribution >= 4 is 5.91 Å². The first-order chi connectivity index (χ1) is 7.24. The number of carbonyl (C=O) groups excluding carboxylic acids is 1. The fourth-order valence-electron chi connectivity index (χ4n) is 2.05. The second-order valence-corrected chi connectivity index (χ2v) is 3.87. The van der Waals surface area contributed by atoms with Crippen molar-refractivity contribution in [2.24, 2.45) is 0 Å². The molecule has 1 atom stereocenters. The van der Waals surface area contributed by atoms with Gasteiger partial charge in [0.25, 0.3) is 5.91 Å². The number of hydrogen-bond donors (Lipinski definition) is 1. The summed E-state index contributed by atoms with van der Waals surface area (Å²) in [6, 6.07) is 1.66. The average Bonchev–Trinajstić information content (AvgIpc) is 2.84. The Morgan fingerprint density at radius 3 is 3.13 bits per heavy atom. The number of aliphatic hydroxyl groups excluding tert-OH is 1.